The molecule has 3 aromatic rings. The van der Waals surface area contributed by atoms with Crippen LogP contribution in [0.3, 0.4) is 0 Å². The van der Waals surface area contributed by atoms with Gasteiger partial charge in [0.15, 0.2) is 23.0 Å². The van der Waals surface area contributed by atoms with Gasteiger partial charge in [-0.25, -0.2) is 0 Å². The topological polar surface area (TPSA) is 55.4 Å². The standard InChI is InChI=1S/C24H26O6/c1-25-19-12-10-17(21(27-3)23(19)29-5)15-8-7-9-16(14-15)18-11-13-20(26-2)24(30-6)22(18)28-4/h7-14H,1-6H3. The number of methoxy groups -OCH3 is 6. The van der Waals surface area contributed by atoms with E-state index in [1.807, 2.05) is 42.5 Å². The van der Waals surface area contributed by atoms with Crippen LogP contribution in [-0.2, 0) is 0 Å². The highest BCUT2D eigenvalue weighted by Crippen LogP contribution is 2.47. The third-order valence-electron chi connectivity index (χ3n) is 4.89. The fourth-order valence-corrected chi connectivity index (χ4v) is 3.51. The highest BCUT2D eigenvalue weighted by Gasteiger charge is 2.20. The Balaban J connectivity index is 2.18. The molecule has 0 fully saturated rings. The maximum atomic E-state index is 5.66. The molecule has 0 unspecified atom stereocenters. The molecule has 158 valence electrons. The molecule has 30 heavy (non-hydrogen) atoms. The molecular weight excluding hydrogens is 384 g/mol. The van der Waals surface area contributed by atoms with E-state index in [1.54, 1.807) is 42.7 Å². The van der Waals surface area contributed by atoms with Crippen LogP contribution in [0.4, 0.5) is 0 Å². The minimum atomic E-state index is 0.548. The maximum absolute atomic E-state index is 5.66. The van der Waals surface area contributed by atoms with E-state index >= 15 is 0 Å². The summed E-state index contributed by atoms with van der Waals surface area (Å²) in [7, 11) is 9.61. The normalized spacial score (nSPS) is 10.3. The Morgan fingerprint density at radius 1 is 0.433 bits per heavy atom. The van der Waals surface area contributed by atoms with Gasteiger partial charge in [0.2, 0.25) is 11.5 Å². The Hall–Kier alpha value is -3.54. The zero-order valence-corrected chi connectivity index (χ0v) is 18.1. The van der Waals surface area contributed by atoms with Gasteiger partial charge >= 0.3 is 0 Å². The van der Waals surface area contributed by atoms with Crippen LogP contribution >= 0.6 is 0 Å². The average Bonchev–Trinajstić information content (AvgIpc) is 2.81. The lowest BCUT2D eigenvalue weighted by Crippen LogP contribution is -1.98. The van der Waals surface area contributed by atoms with Gasteiger partial charge < -0.3 is 28.4 Å². The van der Waals surface area contributed by atoms with E-state index in [4.69, 9.17) is 28.4 Å². The van der Waals surface area contributed by atoms with Crippen molar-refractivity contribution in [3.8, 4) is 56.8 Å². The second-order valence-corrected chi connectivity index (χ2v) is 6.34. The predicted molar refractivity (Wildman–Crippen MR) is 117 cm³/mol. The van der Waals surface area contributed by atoms with Crippen LogP contribution in [0.15, 0.2) is 48.5 Å². The molecule has 0 amide bonds. The fraction of sp³-hybridized carbons (Fsp3) is 0.250. The zero-order valence-electron chi connectivity index (χ0n) is 18.1. The summed E-state index contributed by atoms with van der Waals surface area (Å²) in [6, 6.07) is 15.7. The van der Waals surface area contributed by atoms with Gasteiger partial charge in [0, 0.05) is 11.1 Å². The van der Waals surface area contributed by atoms with E-state index < -0.39 is 0 Å². The Morgan fingerprint density at radius 3 is 1.17 bits per heavy atom. The average molecular weight is 410 g/mol. The third kappa shape index (κ3) is 3.68. The predicted octanol–water partition coefficient (Wildman–Crippen LogP) is 5.07. The van der Waals surface area contributed by atoms with E-state index in [0.717, 1.165) is 22.3 Å². The summed E-state index contributed by atoms with van der Waals surface area (Å²) in [6.45, 7) is 0. The van der Waals surface area contributed by atoms with Gasteiger partial charge in [-0.15, -0.1) is 0 Å². The quantitative estimate of drug-likeness (QED) is 0.517. The molecular formula is C24H26O6. The van der Waals surface area contributed by atoms with Crippen molar-refractivity contribution in [3.63, 3.8) is 0 Å². The molecule has 0 saturated carbocycles. The van der Waals surface area contributed by atoms with Crippen molar-refractivity contribution in [3.05, 3.63) is 48.5 Å². The van der Waals surface area contributed by atoms with Gasteiger partial charge in [-0.05, 0) is 41.5 Å². The summed E-state index contributed by atoms with van der Waals surface area (Å²) < 4.78 is 33.2. The first kappa shape index (κ1) is 21.2. The van der Waals surface area contributed by atoms with Crippen LogP contribution < -0.4 is 28.4 Å². The van der Waals surface area contributed by atoms with E-state index in [2.05, 4.69) is 6.07 Å². The van der Waals surface area contributed by atoms with Gasteiger partial charge in [0.25, 0.3) is 0 Å². The Labute approximate surface area is 176 Å². The first-order chi connectivity index (χ1) is 14.6. The van der Waals surface area contributed by atoms with Crippen molar-refractivity contribution in [2.24, 2.45) is 0 Å². The molecule has 3 aromatic carbocycles. The summed E-state index contributed by atoms with van der Waals surface area (Å²) in [5, 5.41) is 0. The van der Waals surface area contributed by atoms with Gasteiger partial charge in [0.05, 0.1) is 42.7 Å². The van der Waals surface area contributed by atoms with E-state index in [9.17, 15) is 0 Å². The molecule has 0 aliphatic heterocycles. The number of ether oxygens (including phenoxy) is 6. The molecule has 3 rings (SSSR count). The van der Waals surface area contributed by atoms with Crippen LogP contribution in [0.1, 0.15) is 0 Å². The summed E-state index contributed by atoms with van der Waals surface area (Å²) in [6.07, 6.45) is 0. The van der Waals surface area contributed by atoms with Crippen LogP contribution in [-0.4, -0.2) is 42.7 Å². The summed E-state index contributed by atoms with van der Waals surface area (Å²) in [5.41, 5.74) is 3.69. The van der Waals surface area contributed by atoms with Gasteiger partial charge in [-0.3, -0.25) is 0 Å². The van der Waals surface area contributed by atoms with Crippen LogP contribution in [0, 0.1) is 0 Å². The first-order valence-corrected chi connectivity index (χ1v) is 9.32. The van der Waals surface area contributed by atoms with E-state index in [0.29, 0.717) is 34.5 Å². The molecule has 0 aliphatic carbocycles. The highest BCUT2D eigenvalue weighted by atomic mass is 16.5. The van der Waals surface area contributed by atoms with E-state index in [-0.39, 0.29) is 0 Å². The molecule has 0 aliphatic rings. The van der Waals surface area contributed by atoms with Gasteiger partial charge in [0.1, 0.15) is 0 Å². The third-order valence-corrected chi connectivity index (χ3v) is 4.89. The molecule has 0 aromatic heterocycles. The lowest BCUT2D eigenvalue weighted by Gasteiger charge is -2.18. The van der Waals surface area contributed by atoms with Crippen LogP contribution in [0.25, 0.3) is 22.3 Å². The number of benzene rings is 3. The second kappa shape index (κ2) is 9.31. The van der Waals surface area contributed by atoms with Crippen molar-refractivity contribution in [2.75, 3.05) is 42.7 Å². The lowest BCUT2D eigenvalue weighted by molar-refractivity contribution is 0.325. The Bertz CT molecular complexity index is 950. The van der Waals surface area contributed by atoms with Crippen molar-refractivity contribution >= 4 is 0 Å². The van der Waals surface area contributed by atoms with Crippen molar-refractivity contribution < 1.29 is 28.4 Å². The molecule has 6 nitrogen and oxygen atoms in total. The molecule has 0 heterocycles. The Morgan fingerprint density at radius 2 is 0.833 bits per heavy atom. The first-order valence-electron chi connectivity index (χ1n) is 9.32. The second-order valence-electron chi connectivity index (χ2n) is 6.34. The van der Waals surface area contributed by atoms with E-state index in [1.165, 1.54) is 0 Å². The molecule has 6 heteroatoms. The van der Waals surface area contributed by atoms with Crippen LogP contribution in [0.5, 0.6) is 34.5 Å². The minimum absolute atomic E-state index is 0.548. The molecule has 0 radical (unpaired) electrons. The van der Waals surface area contributed by atoms with Crippen molar-refractivity contribution in [1.29, 1.82) is 0 Å². The zero-order chi connectivity index (χ0) is 21.7. The minimum Gasteiger partial charge on any atom is -0.493 e. The highest BCUT2D eigenvalue weighted by molar-refractivity contribution is 5.83. The number of rotatable bonds is 8. The summed E-state index contributed by atoms with van der Waals surface area (Å²) in [5.74, 6) is 3.52. The lowest BCUT2D eigenvalue weighted by atomic mass is 9.97. The molecule has 0 saturated heterocycles. The summed E-state index contributed by atoms with van der Waals surface area (Å²) >= 11 is 0. The molecule has 0 spiro atoms. The molecule has 0 bridgehead atoms. The van der Waals surface area contributed by atoms with Gasteiger partial charge in [-0.1, -0.05) is 18.2 Å². The van der Waals surface area contributed by atoms with Crippen LogP contribution in [0.2, 0.25) is 0 Å². The number of hydrogen-bond acceptors (Lipinski definition) is 6. The SMILES string of the molecule is COc1ccc(-c2cccc(-c3ccc(OC)c(OC)c3OC)c2)c(OC)c1OC. The molecule has 0 N–H and O–H groups in total. The smallest absolute Gasteiger partial charge is 0.203 e. The molecule has 0 atom stereocenters. The van der Waals surface area contributed by atoms with Crippen molar-refractivity contribution in [1.82, 2.24) is 0 Å². The van der Waals surface area contributed by atoms with Crippen molar-refractivity contribution in [2.45, 2.75) is 0 Å². The fourth-order valence-electron chi connectivity index (χ4n) is 3.51. The maximum Gasteiger partial charge on any atom is 0.203 e. The monoisotopic (exact) mass is 410 g/mol. The Kier molecular flexibility index (Phi) is 6.57. The summed E-state index contributed by atoms with van der Waals surface area (Å²) in [4.78, 5) is 0. The largest absolute Gasteiger partial charge is 0.493 e. The number of hydrogen-bond donors (Lipinski definition) is 0. The van der Waals surface area contributed by atoms with Gasteiger partial charge in [-0.2, -0.15) is 0 Å².